The molecule has 4 nitrogen and oxygen atoms in total. The highest BCUT2D eigenvalue weighted by Crippen LogP contribution is 2.11. The Morgan fingerprint density at radius 2 is 1.94 bits per heavy atom. The highest BCUT2D eigenvalue weighted by molar-refractivity contribution is 6.61. The van der Waals surface area contributed by atoms with Gasteiger partial charge in [-0.15, -0.1) is 0 Å². The van der Waals surface area contributed by atoms with Gasteiger partial charge in [0.15, 0.2) is 0 Å². The zero-order valence-corrected chi connectivity index (χ0v) is 11.8. The van der Waals surface area contributed by atoms with Gasteiger partial charge in [-0.1, -0.05) is 33.8 Å². The molecule has 100 valence electrons. The Kier molecular flexibility index (Phi) is 8.08. The molecule has 2 N–H and O–H groups in total. The molecule has 0 bridgehead atoms. The highest BCUT2D eigenvalue weighted by Gasteiger charge is 2.27. The molecule has 0 saturated heterocycles. The molecule has 1 aromatic rings. The molecule has 0 aliphatic carbocycles. The number of hydrogen-bond acceptors (Lipinski definition) is 3. The summed E-state index contributed by atoms with van der Waals surface area (Å²) in [7, 11) is 0.678. The van der Waals surface area contributed by atoms with Crippen LogP contribution < -0.4 is 10.8 Å². The Labute approximate surface area is 110 Å². The number of benzene rings is 1. The van der Waals surface area contributed by atoms with Crippen LogP contribution in [0.2, 0.25) is 0 Å². The molecule has 1 aromatic carbocycles. The second-order valence-corrected chi connectivity index (χ2v) is 3.16. The lowest BCUT2D eigenvalue weighted by molar-refractivity contribution is 0.0963. The molecule has 0 saturated carbocycles. The van der Waals surface area contributed by atoms with Crippen LogP contribution in [0, 0.1) is 0 Å². The predicted octanol–water partition coefficient (Wildman–Crippen LogP) is 1.32. The molecule has 0 radical (unpaired) electrons. The SMILES string of the molecule is CC.CC.CNC(=O)c1ccc2c(c1)B(O)OC2. The topological polar surface area (TPSA) is 58.6 Å². The zero-order chi connectivity index (χ0) is 14.1. The Bertz CT molecular complexity index is 382. The van der Waals surface area contributed by atoms with Gasteiger partial charge in [-0.25, -0.2) is 0 Å². The standard InChI is InChI=1S/C9H10BNO3.2C2H6/c1-11-9(12)6-2-3-7-5-14-10(13)8(7)4-6;2*1-2/h2-4,13H,5H2,1H3,(H,11,12);2*1-2H3. The number of carbonyl (C=O) groups excluding carboxylic acids is 1. The maximum atomic E-state index is 11.3. The van der Waals surface area contributed by atoms with Crippen LogP contribution in [0.1, 0.15) is 43.6 Å². The third kappa shape index (κ3) is 3.86. The van der Waals surface area contributed by atoms with E-state index in [9.17, 15) is 9.82 Å². The summed E-state index contributed by atoms with van der Waals surface area (Å²) in [4.78, 5) is 11.3. The van der Waals surface area contributed by atoms with Crippen LogP contribution in [0.5, 0.6) is 0 Å². The lowest BCUT2D eigenvalue weighted by atomic mass is 9.79. The fourth-order valence-electron chi connectivity index (χ4n) is 1.50. The number of hydrogen-bond donors (Lipinski definition) is 2. The van der Waals surface area contributed by atoms with Gasteiger partial charge in [0.05, 0.1) is 6.61 Å². The van der Waals surface area contributed by atoms with Gasteiger partial charge in [-0.3, -0.25) is 4.79 Å². The van der Waals surface area contributed by atoms with E-state index in [4.69, 9.17) is 4.65 Å². The average Bonchev–Trinajstić information content (AvgIpc) is 2.83. The van der Waals surface area contributed by atoms with E-state index in [1.165, 1.54) is 0 Å². The summed E-state index contributed by atoms with van der Waals surface area (Å²) >= 11 is 0. The van der Waals surface area contributed by atoms with Crippen molar-refractivity contribution >= 4 is 18.5 Å². The van der Waals surface area contributed by atoms with Crippen LogP contribution in [0.4, 0.5) is 0 Å². The predicted molar refractivity (Wildman–Crippen MR) is 74.9 cm³/mol. The van der Waals surface area contributed by atoms with Gasteiger partial charge >= 0.3 is 7.12 Å². The lowest BCUT2D eigenvalue weighted by Gasteiger charge is -2.02. The first-order valence-corrected chi connectivity index (χ1v) is 6.37. The molecule has 0 atom stereocenters. The van der Waals surface area contributed by atoms with Gasteiger partial charge in [0.25, 0.3) is 5.91 Å². The largest absolute Gasteiger partial charge is 0.491 e. The maximum Gasteiger partial charge on any atom is 0.491 e. The summed E-state index contributed by atoms with van der Waals surface area (Å²) in [5.41, 5.74) is 2.16. The summed E-state index contributed by atoms with van der Waals surface area (Å²) in [6.45, 7) is 8.41. The number of amides is 1. The van der Waals surface area contributed by atoms with Gasteiger partial charge in [0.1, 0.15) is 0 Å². The van der Waals surface area contributed by atoms with Crippen molar-refractivity contribution in [3.05, 3.63) is 29.3 Å². The van der Waals surface area contributed by atoms with E-state index in [2.05, 4.69) is 5.32 Å². The van der Waals surface area contributed by atoms with E-state index in [0.717, 1.165) is 5.56 Å². The van der Waals surface area contributed by atoms with Crippen LogP contribution in [0.3, 0.4) is 0 Å². The van der Waals surface area contributed by atoms with Gasteiger partial charge in [-0.05, 0) is 23.2 Å². The molecule has 0 fully saturated rings. The van der Waals surface area contributed by atoms with Crippen molar-refractivity contribution in [1.29, 1.82) is 0 Å². The van der Waals surface area contributed by atoms with E-state index >= 15 is 0 Å². The molecule has 0 unspecified atom stereocenters. The first-order valence-electron chi connectivity index (χ1n) is 6.37. The monoisotopic (exact) mass is 251 g/mol. The fraction of sp³-hybridized carbons (Fsp3) is 0.462. The fourth-order valence-corrected chi connectivity index (χ4v) is 1.50. The Hall–Kier alpha value is -1.33. The zero-order valence-electron chi connectivity index (χ0n) is 11.8. The Morgan fingerprint density at radius 3 is 2.50 bits per heavy atom. The Balaban J connectivity index is 0.000000659. The van der Waals surface area contributed by atoms with Crippen molar-refractivity contribution in [2.75, 3.05) is 7.05 Å². The van der Waals surface area contributed by atoms with E-state index in [0.29, 0.717) is 17.6 Å². The summed E-state index contributed by atoms with van der Waals surface area (Å²) in [6, 6.07) is 5.18. The van der Waals surface area contributed by atoms with Crippen molar-refractivity contribution in [2.24, 2.45) is 0 Å². The minimum atomic E-state index is -0.894. The molecule has 2 rings (SSSR count). The lowest BCUT2D eigenvalue weighted by Crippen LogP contribution is -2.29. The van der Waals surface area contributed by atoms with Gasteiger partial charge in [0.2, 0.25) is 0 Å². The number of fused-ring (bicyclic) bond motifs is 1. The first-order chi connectivity index (χ1) is 8.72. The molecular weight excluding hydrogens is 229 g/mol. The average molecular weight is 251 g/mol. The van der Waals surface area contributed by atoms with Gasteiger partial charge in [0, 0.05) is 12.6 Å². The van der Waals surface area contributed by atoms with Crippen molar-refractivity contribution in [1.82, 2.24) is 5.32 Å². The van der Waals surface area contributed by atoms with Crippen LogP contribution in [0.15, 0.2) is 18.2 Å². The van der Waals surface area contributed by atoms with Crippen molar-refractivity contribution < 1.29 is 14.5 Å². The molecule has 1 heterocycles. The maximum absolute atomic E-state index is 11.3. The van der Waals surface area contributed by atoms with Crippen LogP contribution >= 0.6 is 0 Å². The molecule has 5 heteroatoms. The quantitative estimate of drug-likeness (QED) is 0.740. The van der Waals surface area contributed by atoms with Crippen LogP contribution in [-0.4, -0.2) is 25.1 Å². The van der Waals surface area contributed by atoms with Crippen molar-refractivity contribution in [3.8, 4) is 0 Å². The molecule has 1 aliphatic heterocycles. The summed E-state index contributed by atoms with van der Waals surface area (Å²) in [5.74, 6) is -0.160. The number of carbonyl (C=O) groups is 1. The third-order valence-corrected chi connectivity index (χ3v) is 2.30. The highest BCUT2D eigenvalue weighted by atomic mass is 16.5. The first kappa shape index (κ1) is 16.7. The second-order valence-electron chi connectivity index (χ2n) is 3.16. The van der Waals surface area contributed by atoms with E-state index in [1.54, 1.807) is 25.2 Å². The molecule has 1 aliphatic rings. The molecular formula is C13H22BNO3. The number of rotatable bonds is 1. The molecule has 0 spiro atoms. The van der Waals surface area contributed by atoms with Gasteiger partial charge < -0.3 is 15.0 Å². The summed E-state index contributed by atoms with van der Waals surface area (Å²) in [5, 5.41) is 11.9. The van der Waals surface area contributed by atoms with Crippen molar-refractivity contribution in [2.45, 2.75) is 34.3 Å². The van der Waals surface area contributed by atoms with Gasteiger partial charge in [-0.2, -0.15) is 0 Å². The van der Waals surface area contributed by atoms with Crippen LogP contribution in [-0.2, 0) is 11.3 Å². The molecule has 18 heavy (non-hydrogen) atoms. The smallest absolute Gasteiger partial charge is 0.423 e. The minimum Gasteiger partial charge on any atom is -0.423 e. The van der Waals surface area contributed by atoms with E-state index < -0.39 is 7.12 Å². The van der Waals surface area contributed by atoms with Crippen molar-refractivity contribution in [3.63, 3.8) is 0 Å². The molecule has 0 aromatic heterocycles. The third-order valence-electron chi connectivity index (χ3n) is 2.30. The molecule has 1 amide bonds. The van der Waals surface area contributed by atoms with E-state index in [1.807, 2.05) is 27.7 Å². The van der Waals surface area contributed by atoms with E-state index in [-0.39, 0.29) is 5.91 Å². The number of nitrogens with one attached hydrogen (secondary N) is 1. The Morgan fingerprint density at radius 1 is 1.33 bits per heavy atom. The van der Waals surface area contributed by atoms with Crippen LogP contribution in [0.25, 0.3) is 0 Å². The normalized spacial score (nSPS) is 11.6. The second kappa shape index (κ2) is 8.72. The minimum absolute atomic E-state index is 0.160. The summed E-state index contributed by atoms with van der Waals surface area (Å²) < 4.78 is 5.02. The summed E-state index contributed by atoms with van der Waals surface area (Å²) in [6.07, 6.45) is 0.